The first-order chi connectivity index (χ1) is 8.45. The van der Waals surface area contributed by atoms with Gasteiger partial charge in [0, 0.05) is 30.0 Å². The predicted octanol–water partition coefficient (Wildman–Crippen LogP) is 3.10. The summed E-state index contributed by atoms with van der Waals surface area (Å²) in [7, 11) is 0. The molecule has 2 atom stereocenters. The average molecular weight is 268 g/mol. The molecule has 0 aromatic carbocycles. The summed E-state index contributed by atoms with van der Waals surface area (Å²) in [6.45, 7) is 10.5. The molecule has 0 aliphatic carbocycles. The highest BCUT2D eigenvalue weighted by Crippen LogP contribution is 2.25. The first kappa shape index (κ1) is 14.0. The van der Waals surface area contributed by atoms with Gasteiger partial charge < -0.3 is 10.1 Å². The maximum absolute atomic E-state index is 5.56. The van der Waals surface area contributed by atoms with Crippen molar-refractivity contribution in [1.82, 2.24) is 10.3 Å². The molecule has 1 aliphatic heterocycles. The Hall–Kier alpha value is -0.450. The highest BCUT2D eigenvalue weighted by Gasteiger charge is 2.20. The van der Waals surface area contributed by atoms with Crippen molar-refractivity contribution in [3.05, 3.63) is 16.1 Å². The maximum Gasteiger partial charge on any atom is 0.0982 e. The van der Waals surface area contributed by atoms with Gasteiger partial charge in [-0.05, 0) is 19.8 Å². The molecule has 1 aliphatic rings. The lowest BCUT2D eigenvalue weighted by molar-refractivity contribution is 0.0130. The Morgan fingerprint density at radius 2 is 2.28 bits per heavy atom. The minimum Gasteiger partial charge on any atom is -0.378 e. The fourth-order valence-corrected chi connectivity index (χ4v) is 3.07. The Morgan fingerprint density at radius 1 is 1.50 bits per heavy atom. The average Bonchev–Trinajstić information content (AvgIpc) is 2.74. The molecule has 2 heterocycles. The van der Waals surface area contributed by atoms with E-state index in [0.29, 0.717) is 12.1 Å². The third-order valence-electron chi connectivity index (χ3n) is 3.25. The van der Waals surface area contributed by atoms with Gasteiger partial charge in [-0.1, -0.05) is 20.8 Å². The van der Waals surface area contributed by atoms with E-state index >= 15 is 0 Å². The molecular formula is C14H24N2OS. The number of rotatable bonds is 3. The molecule has 1 saturated heterocycles. The molecule has 0 spiro atoms. The van der Waals surface area contributed by atoms with Crippen LogP contribution >= 0.6 is 11.3 Å². The Kier molecular flexibility index (Phi) is 4.41. The smallest absolute Gasteiger partial charge is 0.0982 e. The lowest BCUT2D eigenvalue weighted by Crippen LogP contribution is -2.37. The van der Waals surface area contributed by atoms with E-state index < -0.39 is 0 Å². The standard InChI is InChI=1S/C14H24N2OS/c1-10-7-11(5-6-17-10)15-8-12-9-18-13(16-12)14(2,3)4/h9-11,15H,5-8H2,1-4H3. The summed E-state index contributed by atoms with van der Waals surface area (Å²) in [5.41, 5.74) is 1.33. The van der Waals surface area contributed by atoms with Gasteiger partial charge in [0.1, 0.15) is 0 Å². The lowest BCUT2D eigenvalue weighted by atomic mass is 9.98. The molecular weight excluding hydrogens is 244 g/mol. The number of nitrogens with one attached hydrogen (secondary N) is 1. The fourth-order valence-electron chi connectivity index (χ4n) is 2.16. The highest BCUT2D eigenvalue weighted by atomic mass is 32.1. The normalized spacial score (nSPS) is 25.3. The molecule has 4 heteroatoms. The Balaban J connectivity index is 1.85. The zero-order valence-electron chi connectivity index (χ0n) is 11.8. The summed E-state index contributed by atoms with van der Waals surface area (Å²) in [5, 5.41) is 7.00. The Bertz CT molecular complexity index is 383. The van der Waals surface area contributed by atoms with Crippen LogP contribution in [0.4, 0.5) is 0 Å². The van der Waals surface area contributed by atoms with Crippen LogP contribution < -0.4 is 5.32 Å². The predicted molar refractivity (Wildman–Crippen MR) is 76.1 cm³/mol. The van der Waals surface area contributed by atoms with E-state index in [1.807, 2.05) is 0 Å². The summed E-state index contributed by atoms with van der Waals surface area (Å²) in [6.07, 6.45) is 2.61. The van der Waals surface area contributed by atoms with Gasteiger partial charge in [-0.2, -0.15) is 0 Å². The number of ether oxygens (including phenoxy) is 1. The van der Waals surface area contributed by atoms with E-state index in [2.05, 4.69) is 38.4 Å². The van der Waals surface area contributed by atoms with Gasteiger partial charge in [0.2, 0.25) is 0 Å². The first-order valence-corrected chi connectivity index (χ1v) is 7.63. The van der Waals surface area contributed by atoms with Crippen LogP contribution in [0.1, 0.15) is 51.2 Å². The van der Waals surface area contributed by atoms with Crippen molar-refractivity contribution in [2.45, 2.75) is 64.6 Å². The summed E-state index contributed by atoms with van der Waals surface area (Å²) >= 11 is 1.77. The van der Waals surface area contributed by atoms with Gasteiger partial charge in [0.05, 0.1) is 16.8 Å². The van der Waals surface area contributed by atoms with Gasteiger partial charge in [-0.3, -0.25) is 0 Å². The molecule has 2 rings (SSSR count). The molecule has 0 bridgehead atoms. The molecule has 1 aromatic heterocycles. The van der Waals surface area contributed by atoms with Crippen molar-refractivity contribution in [3.63, 3.8) is 0 Å². The van der Waals surface area contributed by atoms with Crippen molar-refractivity contribution in [1.29, 1.82) is 0 Å². The van der Waals surface area contributed by atoms with Crippen LogP contribution in [0.25, 0.3) is 0 Å². The Labute approximate surface area is 114 Å². The van der Waals surface area contributed by atoms with E-state index in [1.165, 1.54) is 10.7 Å². The topological polar surface area (TPSA) is 34.2 Å². The number of hydrogen-bond donors (Lipinski definition) is 1. The molecule has 102 valence electrons. The number of hydrogen-bond acceptors (Lipinski definition) is 4. The number of thiazole rings is 1. The van der Waals surface area contributed by atoms with Crippen molar-refractivity contribution in [2.75, 3.05) is 6.61 Å². The summed E-state index contributed by atoms with van der Waals surface area (Å²) in [6, 6.07) is 0.577. The third-order valence-corrected chi connectivity index (χ3v) is 4.57. The zero-order chi connectivity index (χ0) is 13.2. The molecule has 0 amide bonds. The van der Waals surface area contributed by atoms with Gasteiger partial charge in [0.15, 0.2) is 0 Å². The van der Waals surface area contributed by atoms with Crippen molar-refractivity contribution in [3.8, 4) is 0 Å². The van der Waals surface area contributed by atoms with Crippen LogP contribution in [0.3, 0.4) is 0 Å². The summed E-state index contributed by atoms with van der Waals surface area (Å²) in [4.78, 5) is 4.71. The first-order valence-electron chi connectivity index (χ1n) is 6.75. The quantitative estimate of drug-likeness (QED) is 0.914. The van der Waals surface area contributed by atoms with Gasteiger partial charge in [-0.25, -0.2) is 4.98 Å². The highest BCUT2D eigenvalue weighted by molar-refractivity contribution is 7.09. The fraction of sp³-hybridized carbons (Fsp3) is 0.786. The van der Waals surface area contributed by atoms with E-state index in [-0.39, 0.29) is 5.41 Å². The van der Waals surface area contributed by atoms with Crippen LogP contribution in [0.15, 0.2) is 5.38 Å². The second-order valence-corrected chi connectivity index (χ2v) is 7.04. The molecule has 0 saturated carbocycles. The van der Waals surface area contributed by atoms with Crippen LogP contribution in [-0.4, -0.2) is 23.7 Å². The van der Waals surface area contributed by atoms with Gasteiger partial charge in [0.25, 0.3) is 0 Å². The molecule has 18 heavy (non-hydrogen) atoms. The zero-order valence-corrected chi connectivity index (χ0v) is 12.6. The molecule has 0 radical (unpaired) electrons. The Morgan fingerprint density at radius 3 is 2.89 bits per heavy atom. The second kappa shape index (κ2) is 5.68. The van der Waals surface area contributed by atoms with Crippen molar-refractivity contribution < 1.29 is 4.74 Å². The minimum atomic E-state index is 0.163. The van der Waals surface area contributed by atoms with Gasteiger partial charge in [-0.15, -0.1) is 11.3 Å². The SMILES string of the molecule is CC1CC(NCc2csc(C(C)(C)C)n2)CCO1. The van der Waals surface area contributed by atoms with E-state index in [9.17, 15) is 0 Å². The lowest BCUT2D eigenvalue weighted by Gasteiger charge is -2.27. The largest absolute Gasteiger partial charge is 0.378 e. The summed E-state index contributed by atoms with van der Waals surface area (Å²) in [5.74, 6) is 0. The van der Waals surface area contributed by atoms with Crippen molar-refractivity contribution >= 4 is 11.3 Å². The van der Waals surface area contributed by atoms with E-state index in [4.69, 9.17) is 9.72 Å². The van der Waals surface area contributed by atoms with E-state index in [1.54, 1.807) is 11.3 Å². The molecule has 1 fully saturated rings. The minimum absolute atomic E-state index is 0.163. The summed E-state index contributed by atoms with van der Waals surface area (Å²) < 4.78 is 5.56. The van der Waals surface area contributed by atoms with Crippen LogP contribution in [0.2, 0.25) is 0 Å². The second-order valence-electron chi connectivity index (χ2n) is 6.18. The van der Waals surface area contributed by atoms with E-state index in [0.717, 1.165) is 26.0 Å². The molecule has 3 nitrogen and oxygen atoms in total. The van der Waals surface area contributed by atoms with Crippen LogP contribution in [-0.2, 0) is 16.7 Å². The van der Waals surface area contributed by atoms with Gasteiger partial charge >= 0.3 is 0 Å². The number of aromatic nitrogens is 1. The number of nitrogens with zero attached hydrogens (tertiary/aromatic N) is 1. The van der Waals surface area contributed by atoms with Crippen molar-refractivity contribution in [2.24, 2.45) is 0 Å². The van der Waals surface area contributed by atoms with Crippen LogP contribution in [0.5, 0.6) is 0 Å². The molecule has 2 unspecified atom stereocenters. The monoisotopic (exact) mass is 268 g/mol. The maximum atomic E-state index is 5.56. The van der Waals surface area contributed by atoms with Crippen LogP contribution in [0, 0.1) is 0 Å². The molecule has 1 aromatic rings. The molecule has 1 N–H and O–H groups in total. The third kappa shape index (κ3) is 3.77.